The zero-order valence-corrected chi connectivity index (χ0v) is 10.7. The Hall–Kier alpha value is -2.02. The highest BCUT2D eigenvalue weighted by molar-refractivity contribution is 7.07. The van der Waals surface area contributed by atoms with Crippen molar-refractivity contribution in [3.8, 4) is 5.75 Å². The Kier molecular flexibility index (Phi) is 4.06. The topological polar surface area (TPSA) is 43.6 Å². The molecule has 0 unspecified atom stereocenters. The first kappa shape index (κ1) is 13.4. The molecule has 1 heterocycles. The molecule has 0 atom stereocenters. The van der Waals surface area contributed by atoms with Gasteiger partial charge in [0, 0.05) is 18.6 Å². The van der Waals surface area contributed by atoms with E-state index in [4.69, 9.17) is 0 Å². The van der Waals surface area contributed by atoms with Gasteiger partial charge in [0.25, 0.3) is 5.91 Å². The third kappa shape index (κ3) is 3.25. The van der Waals surface area contributed by atoms with E-state index >= 15 is 0 Å². The van der Waals surface area contributed by atoms with Crippen LogP contribution in [0.2, 0.25) is 0 Å². The van der Waals surface area contributed by atoms with Crippen LogP contribution in [-0.4, -0.2) is 17.1 Å². The van der Waals surface area contributed by atoms with Crippen molar-refractivity contribution in [3.63, 3.8) is 0 Å². The van der Waals surface area contributed by atoms with E-state index in [2.05, 4.69) is 9.73 Å². The number of benzene rings is 1. The zero-order chi connectivity index (χ0) is 13.8. The molecule has 19 heavy (non-hydrogen) atoms. The molecule has 0 spiro atoms. The van der Waals surface area contributed by atoms with Crippen LogP contribution < -0.4 is 9.54 Å². The van der Waals surface area contributed by atoms with Gasteiger partial charge in [-0.25, -0.2) is 0 Å². The molecule has 0 aliphatic carbocycles. The van der Waals surface area contributed by atoms with Gasteiger partial charge in [-0.05, 0) is 12.1 Å². The average molecular weight is 284 g/mol. The van der Waals surface area contributed by atoms with Gasteiger partial charge in [0.05, 0.1) is 5.56 Å². The molecule has 2 aromatic rings. The molecule has 0 aliphatic heterocycles. The van der Waals surface area contributed by atoms with Crippen molar-refractivity contribution in [1.82, 2.24) is 4.57 Å². The van der Waals surface area contributed by atoms with E-state index in [0.717, 1.165) is 0 Å². The van der Waals surface area contributed by atoms with Crippen LogP contribution in [0.5, 0.6) is 5.75 Å². The standard InChI is InChI=1S/C12H10F2N2O2S/c1-16-6-7-19-12(16)15-10(17)8-4-2-3-5-9(8)18-11(13)14/h2-7,11H,1H3. The number of hydrogen-bond acceptors (Lipinski definition) is 3. The first-order valence-corrected chi connectivity index (χ1v) is 6.19. The molecule has 4 nitrogen and oxygen atoms in total. The second-order valence-electron chi connectivity index (χ2n) is 3.59. The van der Waals surface area contributed by atoms with Crippen molar-refractivity contribution in [2.24, 2.45) is 12.0 Å². The maximum Gasteiger partial charge on any atom is 0.387 e. The van der Waals surface area contributed by atoms with Gasteiger partial charge < -0.3 is 9.30 Å². The Morgan fingerprint density at radius 1 is 1.42 bits per heavy atom. The van der Waals surface area contributed by atoms with E-state index < -0.39 is 12.5 Å². The zero-order valence-electron chi connectivity index (χ0n) is 9.92. The summed E-state index contributed by atoms with van der Waals surface area (Å²) in [6.45, 7) is -2.98. The normalized spacial score (nSPS) is 11.9. The molecule has 0 N–H and O–H groups in total. The molecule has 7 heteroatoms. The molecule has 0 fully saturated rings. The minimum absolute atomic E-state index is 0.0104. The monoisotopic (exact) mass is 284 g/mol. The van der Waals surface area contributed by atoms with Crippen molar-refractivity contribution in [1.29, 1.82) is 0 Å². The number of carbonyl (C=O) groups excluding carboxylic acids is 1. The lowest BCUT2D eigenvalue weighted by molar-refractivity contribution is -0.0501. The van der Waals surface area contributed by atoms with Gasteiger partial charge >= 0.3 is 6.61 Å². The van der Waals surface area contributed by atoms with E-state index in [0.29, 0.717) is 4.80 Å². The first-order valence-electron chi connectivity index (χ1n) is 5.31. The molecule has 2 rings (SSSR count). The Morgan fingerprint density at radius 3 is 2.79 bits per heavy atom. The maximum atomic E-state index is 12.2. The summed E-state index contributed by atoms with van der Waals surface area (Å²) in [5.74, 6) is -0.792. The molecule has 0 aliphatic rings. The van der Waals surface area contributed by atoms with E-state index in [1.54, 1.807) is 29.3 Å². The second-order valence-corrected chi connectivity index (χ2v) is 4.46. The second kappa shape index (κ2) is 5.75. The molecule has 1 aromatic heterocycles. The summed E-state index contributed by atoms with van der Waals surface area (Å²) in [4.78, 5) is 16.3. The quantitative estimate of drug-likeness (QED) is 0.869. The predicted molar refractivity (Wildman–Crippen MR) is 66.3 cm³/mol. The van der Waals surface area contributed by atoms with E-state index in [1.807, 2.05) is 0 Å². The lowest BCUT2D eigenvalue weighted by atomic mass is 10.2. The summed E-state index contributed by atoms with van der Waals surface area (Å²) >= 11 is 1.28. The molecular weight excluding hydrogens is 274 g/mol. The van der Waals surface area contributed by atoms with E-state index in [9.17, 15) is 13.6 Å². The van der Waals surface area contributed by atoms with Gasteiger partial charge in [-0.15, -0.1) is 11.3 Å². The molecule has 0 bridgehead atoms. The number of para-hydroxylation sites is 1. The number of aryl methyl sites for hydroxylation is 1. The van der Waals surface area contributed by atoms with Crippen LogP contribution in [0.15, 0.2) is 40.8 Å². The fourth-order valence-corrected chi connectivity index (χ4v) is 2.15. The van der Waals surface area contributed by atoms with Gasteiger partial charge in [0.1, 0.15) is 5.75 Å². The number of hydrogen-bond donors (Lipinski definition) is 0. The Bertz CT molecular complexity index is 649. The van der Waals surface area contributed by atoms with Crippen molar-refractivity contribution in [2.75, 3.05) is 0 Å². The smallest absolute Gasteiger partial charge is 0.387 e. The number of rotatable bonds is 3. The molecular formula is C12H10F2N2O2S. The maximum absolute atomic E-state index is 12.2. The van der Waals surface area contributed by atoms with Gasteiger partial charge in [0.15, 0.2) is 4.80 Å². The average Bonchev–Trinajstić information content (AvgIpc) is 2.75. The van der Waals surface area contributed by atoms with Crippen molar-refractivity contribution in [2.45, 2.75) is 6.61 Å². The van der Waals surface area contributed by atoms with Crippen LogP contribution >= 0.6 is 11.3 Å². The number of amides is 1. The van der Waals surface area contributed by atoms with Gasteiger partial charge in [0.2, 0.25) is 0 Å². The van der Waals surface area contributed by atoms with Crippen LogP contribution in [0, 0.1) is 0 Å². The van der Waals surface area contributed by atoms with Crippen molar-refractivity contribution >= 4 is 17.2 Å². The fraction of sp³-hybridized carbons (Fsp3) is 0.167. The summed E-state index contributed by atoms with van der Waals surface area (Å²) in [7, 11) is 1.74. The summed E-state index contributed by atoms with van der Waals surface area (Å²) in [6, 6.07) is 5.79. The highest BCUT2D eigenvalue weighted by atomic mass is 32.1. The van der Waals surface area contributed by atoms with Crippen molar-refractivity contribution < 1.29 is 18.3 Å². The number of halogens is 2. The van der Waals surface area contributed by atoms with Crippen LogP contribution in [0.3, 0.4) is 0 Å². The van der Waals surface area contributed by atoms with Crippen molar-refractivity contribution in [3.05, 3.63) is 46.2 Å². The minimum Gasteiger partial charge on any atom is -0.434 e. The van der Waals surface area contributed by atoms with Gasteiger partial charge in [-0.2, -0.15) is 13.8 Å². The fourth-order valence-electron chi connectivity index (χ4n) is 1.42. The molecule has 0 saturated heterocycles. The number of aromatic nitrogens is 1. The summed E-state index contributed by atoms with van der Waals surface area (Å²) in [5.41, 5.74) is 0.0104. The predicted octanol–water partition coefficient (Wildman–Crippen LogP) is 2.43. The Morgan fingerprint density at radius 2 is 2.16 bits per heavy atom. The van der Waals surface area contributed by atoms with Gasteiger partial charge in [-0.1, -0.05) is 12.1 Å². The number of nitrogens with zero attached hydrogens (tertiary/aromatic N) is 2. The third-order valence-corrected chi connectivity index (χ3v) is 3.14. The molecule has 0 saturated carbocycles. The highest BCUT2D eigenvalue weighted by Crippen LogP contribution is 2.20. The lowest BCUT2D eigenvalue weighted by Gasteiger charge is -2.07. The first-order chi connectivity index (χ1) is 9.08. The highest BCUT2D eigenvalue weighted by Gasteiger charge is 2.14. The van der Waals surface area contributed by atoms with Crippen LogP contribution in [0.1, 0.15) is 10.4 Å². The lowest BCUT2D eigenvalue weighted by Crippen LogP contribution is -2.13. The largest absolute Gasteiger partial charge is 0.434 e. The van der Waals surface area contributed by atoms with Gasteiger partial charge in [-0.3, -0.25) is 4.79 Å². The molecule has 0 radical (unpaired) electrons. The molecule has 1 amide bonds. The van der Waals surface area contributed by atoms with Crippen LogP contribution in [-0.2, 0) is 7.05 Å². The SMILES string of the molecule is Cn1ccsc1=NC(=O)c1ccccc1OC(F)F. The third-order valence-electron chi connectivity index (χ3n) is 2.29. The Labute approximate surface area is 111 Å². The molecule has 1 aromatic carbocycles. The number of alkyl halides is 2. The molecule has 100 valence electrons. The minimum atomic E-state index is -2.98. The summed E-state index contributed by atoms with van der Waals surface area (Å²) in [5, 5.41) is 1.77. The number of ether oxygens (including phenoxy) is 1. The number of thiazole rings is 1. The Balaban J connectivity index is 2.37. The summed E-state index contributed by atoms with van der Waals surface area (Å²) in [6.07, 6.45) is 1.75. The summed E-state index contributed by atoms with van der Waals surface area (Å²) < 4.78 is 30.4. The van der Waals surface area contributed by atoms with Crippen LogP contribution in [0.25, 0.3) is 0 Å². The van der Waals surface area contributed by atoms with Crippen LogP contribution in [0.4, 0.5) is 8.78 Å². The number of carbonyl (C=O) groups is 1. The van der Waals surface area contributed by atoms with E-state index in [1.165, 1.54) is 29.5 Å². The van der Waals surface area contributed by atoms with E-state index in [-0.39, 0.29) is 11.3 Å².